The van der Waals surface area contributed by atoms with Crippen molar-refractivity contribution in [2.24, 2.45) is 5.84 Å². The van der Waals surface area contributed by atoms with Gasteiger partial charge in [-0.25, -0.2) is 9.82 Å². The molecule has 1 heterocycles. The Kier molecular flexibility index (Phi) is 4.02. The zero-order valence-corrected chi connectivity index (χ0v) is 10.2. The quantitative estimate of drug-likeness (QED) is 0.642. The van der Waals surface area contributed by atoms with Crippen LogP contribution in [0.3, 0.4) is 0 Å². The minimum Gasteiger partial charge on any atom is -0.271 e. The molecule has 2 aromatic rings. The van der Waals surface area contributed by atoms with E-state index in [4.69, 9.17) is 5.84 Å². The predicted octanol–water partition coefficient (Wildman–Crippen LogP) is 2.34. The highest BCUT2D eigenvalue weighted by Crippen LogP contribution is 2.26. The Morgan fingerprint density at radius 3 is 2.72 bits per heavy atom. The number of rotatable bonds is 4. The molecule has 1 aromatic heterocycles. The third-order valence-electron chi connectivity index (χ3n) is 3.03. The van der Waals surface area contributed by atoms with Crippen molar-refractivity contribution in [3.63, 3.8) is 0 Å². The number of pyridine rings is 1. The minimum absolute atomic E-state index is 0.355. The fourth-order valence-electron chi connectivity index (χ4n) is 2.10. The lowest BCUT2D eigenvalue weighted by atomic mass is 9.94. The SMILES string of the molecule is CCc1ccccc1C(NN)c1ccncc1F. The van der Waals surface area contributed by atoms with Gasteiger partial charge in [0.25, 0.3) is 0 Å². The molecule has 0 aliphatic rings. The van der Waals surface area contributed by atoms with E-state index in [0.717, 1.165) is 17.5 Å². The molecule has 0 saturated carbocycles. The van der Waals surface area contributed by atoms with E-state index in [0.29, 0.717) is 5.56 Å². The van der Waals surface area contributed by atoms with Crippen LogP contribution in [-0.4, -0.2) is 4.98 Å². The van der Waals surface area contributed by atoms with Crippen molar-refractivity contribution in [1.82, 2.24) is 10.4 Å². The molecule has 18 heavy (non-hydrogen) atoms. The average molecular weight is 245 g/mol. The van der Waals surface area contributed by atoms with E-state index in [1.54, 1.807) is 12.3 Å². The summed E-state index contributed by atoms with van der Waals surface area (Å²) in [5, 5.41) is 0. The maximum absolute atomic E-state index is 13.8. The summed E-state index contributed by atoms with van der Waals surface area (Å²) in [7, 11) is 0. The summed E-state index contributed by atoms with van der Waals surface area (Å²) < 4.78 is 13.8. The van der Waals surface area contributed by atoms with Gasteiger partial charge >= 0.3 is 0 Å². The first-order chi connectivity index (χ1) is 8.77. The number of aryl methyl sites for hydroxylation is 1. The smallest absolute Gasteiger partial charge is 0.146 e. The first kappa shape index (κ1) is 12.7. The second-order valence-electron chi connectivity index (χ2n) is 4.05. The van der Waals surface area contributed by atoms with Crippen molar-refractivity contribution in [1.29, 1.82) is 0 Å². The molecule has 0 fully saturated rings. The maximum Gasteiger partial charge on any atom is 0.146 e. The van der Waals surface area contributed by atoms with Gasteiger partial charge in [-0.3, -0.25) is 10.8 Å². The Morgan fingerprint density at radius 1 is 1.28 bits per heavy atom. The molecule has 0 amide bonds. The molecule has 0 aliphatic heterocycles. The number of hydrogen-bond acceptors (Lipinski definition) is 3. The molecule has 0 bridgehead atoms. The molecule has 0 radical (unpaired) electrons. The Balaban J connectivity index is 2.49. The molecule has 0 aliphatic carbocycles. The van der Waals surface area contributed by atoms with Crippen LogP contribution in [0.4, 0.5) is 4.39 Å². The highest BCUT2D eigenvalue weighted by Gasteiger charge is 2.18. The number of nitrogens with two attached hydrogens (primary N) is 1. The van der Waals surface area contributed by atoms with E-state index < -0.39 is 0 Å². The molecule has 3 nitrogen and oxygen atoms in total. The molecular weight excluding hydrogens is 229 g/mol. The van der Waals surface area contributed by atoms with Crippen LogP contribution in [0.15, 0.2) is 42.7 Å². The summed E-state index contributed by atoms with van der Waals surface area (Å²) in [6.07, 6.45) is 3.65. The molecule has 1 aromatic carbocycles. The summed E-state index contributed by atoms with van der Waals surface area (Å²) in [4.78, 5) is 3.75. The zero-order chi connectivity index (χ0) is 13.0. The summed E-state index contributed by atoms with van der Waals surface area (Å²) >= 11 is 0. The van der Waals surface area contributed by atoms with Crippen molar-refractivity contribution in [2.75, 3.05) is 0 Å². The number of nitrogens with one attached hydrogen (secondary N) is 1. The van der Waals surface area contributed by atoms with E-state index >= 15 is 0 Å². The molecule has 2 rings (SSSR count). The average Bonchev–Trinajstić information content (AvgIpc) is 2.42. The van der Waals surface area contributed by atoms with Gasteiger partial charge in [-0.15, -0.1) is 0 Å². The number of aromatic nitrogens is 1. The Bertz CT molecular complexity index is 528. The van der Waals surface area contributed by atoms with Crippen LogP contribution >= 0.6 is 0 Å². The fraction of sp³-hybridized carbons (Fsp3) is 0.214. The van der Waals surface area contributed by atoms with Crippen molar-refractivity contribution in [3.8, 4) is 0 Å². The Morgan fingerprint density at radius 2 is 2.06 bits per heavy atom. The van der Waals surface area contributed by atoms with Crippen molar-refractivity contribution >= 4 is 0 Å². The third kappa shape index (κ3) is 2.39. The predicted molar refractivity (Wildman–Crippen MR) is 69.2 cm³/mol. The summed E-state index contributed by atoms with van der Waals surface area (Å²) in [6.45, 7) is 2.06. The maximum atomic E-state index is 13.8. The first-order valence-corrected chi connectivity index (χ1v) is 5.91. The van der Waals surface area contributed by atoms with Crippen molar-refractivity contribution in [3.05, 3.63) is 65.2 Å². The normalized spacial score (nSPS) is 12.4. The molecule has 4 heteroatoms. The molecule has 1 atom stereocenters. The van der Waals surface area contributed by atoms with Crippen LogP contribution in [0.2, 0.25) is 0 Å². The largest absolute Gasteiger partial charge is 0.271 e. The number of benzene rings is 1. The van der Waals surface area contributed by atoms with Gasteiger partial charge in [0, 0.05) is 11.8 Å². The highest BCUT2D eigenvalue weighted by atomic mass is 19.1. The van der Waals surface area contributed by atoms with Gasteiger partial charge in [0.15, 0.2) is 0 Å². The van der Waals surface area contributed by atoms with Gasteiger partial charge in [0.2, 0.25) is 0 Å². The lowest BCUT2D eigenvalue weighted by molar-refractivity contribution is 0.553. The Hall–Kier alpha value is -1.78. The second-order valence-corrected chi connectivity index (χ2v) is 4.05. The van der Waals surface area contributed by atoms with Gasteiger partial charge in [-0.05, 0) is 23.6 Å². The van der Waals surface area contributed by atoms with Crippen LogP contribution < -0.4 is 11.3 Å². The van der Waals surface area contributed by atoms with E-state index in [1.165, 1.54) is 6.20 Å². The van der Waals surface area contributed by atoms with Crippen molar-refractivity contribution in [2.45, 2.75) is 19.4 Å². The standard InChI is InChI=1S/C14H16FN3/c1-2-10-5-3-4-6-11(10)14(18-16)12-7-8-17-9-13(12)15/h3-9,14,18H,2,16H2,1H3. The zero-order valence-electron chi connectivity index (χ0n) is 10.2. The summed E-state index contributed by atoms with van der Waals surface area (Å²) in [5.74, 6) is 5.24. The van der Waals surface area contributed by atoms with Crippen LogP contribution in [0, 0.1) is 5.82 Å². The lowest BCUT2D eigenvalue weighted by Gasteiger charge is -2.20. The van der Waals surface area contributed by atoms with Gasteiger partial charge in [0.05, 0.1) is 12.2 Å². The van der Waals surface area contributed by atoms with Gasteiger partial charge < -0.3 is 0 Å². The van der Waals surface area contributed by atoms with Gasteiger partial charge in [-0.1, -0.05) is 31.2 Å². The summed E-state index contributed by atoms with van der Waals surface area (Å²) in [5.41, 5.74) is 5.33. The van der Waals surface area contributed by atoms with E-state index in [9.17, 15) is 4.39 Å². The monoisotopic (exact) mass is 245 g/mol. The molecule has 0 spiro atoms. The number of hydrazine groups is 1. The van der Waals surface area contributed by atoms with Gasteiger partial charge in [-0.2, -0.15) is 0 Å². The fourth-order valence-corrected chi connectivity index (χ4v) is 2.10. The van der Waals surface area contributed by atoms with E-state index in [1.807, 2.05) is 24.3 Å². The highest BCUT2D eigenvalue weighted by molar-refractivity contribution is 5.37. The van der Waals surface area contributed by atoms with Crippen LogP contribution in [0.5, 0.6) is 0 Å². The number of hydrogen-bond donors (Lipinski definition) is 2. The second kappa shape index (κ2) is 5.71. The van der Waals surface area contributed by atoms with Crippen LogP contribution in [0.25, 0.3) is 0 Å². The molecule has 0 saturated heterocycles. The number of halogens is 1. The van der Waals surface area contributed by atoms with Gasteiger partial charge in [0.1, 0.15) is 5.82 Å². The molecule has 1 unspecified atom stereocenters. The minimum atomic E-state index is -0.357. The lowest BCUT2D eigenvalue weighted by Crippen LogP contribution is -2.30. The van der Waals surface area contributed by atoms with E-state index in [-0.39, 0.29) is 11.9 Å². The Labute approximate surface area is 106 Å². The first-order valence-electron chi connectivity index (χ1n) is 5.91. The number of nitrogens with zero attached hydrogens (tertiary/aromatic N) is 1. The van der Waals surface area contributed by atoms with Crippen LogP contribution in [-0.2, 0) is 6.42 Å². The molecule has 3 N–H and O–H groups in total. The molecular formula is C14H16FN3. The summed E-state index contributed by atoms with van der Waals surface area (Å²) in [6, 6.07) is 9.18. The topological polar surface area (TPSA) is 50.9 Å². The van der Waals surface area contributed by atoms with E-state index in [2.05, 4.69) is 17.3 Å². The third-order valence-corrected chi connectivity index (χ3v) is 3.03. The molecule has 94 valence electrons. The van der Waals surface area contributed by atoms with Crippen LogP contribution in [0.1, 0.15) is 29.7 Å². The van der Waals surface area contributed by atoms with Crippen molar-refractivity contribution < 1.29 is 4.39 Å².